The van der Waals surface area contributed by atoms with E-state index in [2.05, 4.69) is 5.32 Å². The van der Waals surface area contributed by atoms with Crippen LogP contribution in [-0.4, -0.2) is 44.8 Å². The van der Waals surface area contributed by atoms with Crippen LogP contribution >= 0.6 is 11.6 Å². The fourth-order valence-electron chi connectivity index (χ4n) is 4.08. The normalized spacial score (nSPS) is 12.1. The largest absolute Gasteiger partial charge is 0.357 e. The van der Waals surface area contributed by atoms with Gasteiger partial charge in [0.2, 0.25) is 11.8 Å². The van der Waals surface area contributed by atoms with Crippen LogP contribution in [0, 0.1) is 20.8 Å². The molecule has 0 aliphatic rings. The number of amides is 2. The molecule has 3 rings (SSSR count). The first kappa shape index (κ1) is 29.2. The molecule has 202 valence electrons. The van der Waals surface area contributed by atoms with Gasteiger partial charge in [0, 0.05) is 18.6 Å². The van der Waals surface area contributed by atoms with Crippen molar-refractivity contribution < 1.29 is 18.0 Å². The number of anilines is 1. The van der Waals surface area contributed by atoms with Crippen LogP contribution in [0.15, 0.2) is 71.6 Å². The van der Waals surface area contributed by atoms with E-state index in [1.165, 1.54) is 30.1 Å². The molecule has 0 saturated carbocycles. The minimum absolute atomic E-state index is 0.0519. The zero-order valence-corrected chi connectivity index (χ0v) is 23.9. The number of hydrogen-bond acceptors (Lipinski definition) is 4. The zero-order chi connectivity index (χ0) is 28.0. The topological polar surface area (TPSA) is 86.8 Å². The minimum atomic E-state index is -4.14. The number of likely N-dealkylation sites (N-methyl/N-ethyl adjacent to an activating group) is 1. The highest BCUT2D eigenvalue weighted by molar-refractivity contribution is 7.92. The van der Waals surface area contributed by atoms with Gasteiger partial charge < -0.3 is 10.2 Å². The molecule has 2 amide bonds. The molecule has 38 heavy (non-hydrogen) atoms. The molecule has 9 heteroatoms. The van der Waals surface area contributed by atoms with Crippen LogP contribution in [0.25, 0.3) is 0 Å². The van der Waals surface area contributed by atoms with E-state index in [-0.39, 0.29) is 23.0 Å². The SMILES string of the molecule is CCC(C(=O)NC)N(Cc1ccc(C)cc1)C(=O)CN(c1ccc(C)c(Cl)c1)S(=O)(=O)c1ccc(C)cc1. The summed E-state index contributed by atoms with van der Waals surface area (Å²) in [6.07, 6.45) is 0.359. The van der Waals surface area contributed by atoms with Crippen molar-refractivity contribution in [3.63, 3.8) is 0 Å². The predicted molar refractivity (Wildman–Crippen MR) is 152 cm³/mol. The maximum Gasteiger partial charge on any atom is 0.264 e. The lowest BCUT2D eigenvalue weighted by Gasteiger charge is -2.33. The summed E-state index contributed by atoms with van der Waals surface area (Å²) in [7, 11) is -2.62. The summed E-state index contributed by atoms with van der Waals surface area (Å²) in [4.78, 5) is 28.2. The van der Waals surface area contributed by atoms with Gasteiger partial charge in [-0.3, -0.25) is 13.9 Å². The second-order valence-corrected chi connectivity index (χ2v) is 11.6. The monoisotopic (exact) mass is 555 g/mol. The van der Waals surface area contributed by atoms with Crippen molar-refractivity contribution in [1.29, 1.82) is 0 Å². The van der Waals surface area contributed by atoms with Crippen LogP contribution < -0.4 is 9.62 Å². The number of nitrogens with zero attached hydrogens (tertiary/aromatic N) is 2. The summed E-state index contributed by atoms with van der Waals surface area (Å²) < 4.78 is 28.8. The van der Waals surface area contributed by atoms with E-state index < -0.39 is 28.5 Å². The Morgan fingerprint density at radius 1 is 0.921 bits per heavy atom. The molecule has 0 spiro atoms. The summed E-state index contributed by atoms with van der Waals surface area (Å²) in [5, 5.41) is 3.01. The number of carbonyl (C=O) groups is 2. The average molecular weight is 556 g/mol. The molecule has 1 atom stereocenters. The molecule has 3 aromatic rings. The molecule has 1 N–H and O–H groups in total. The number of benzene rings is 3. The second-order valence-electron chi connectivity index (χ2n) is 9.30. The van der Waals surface area contributed by atoms with Crippen molar-refractivity contribution in [2.75, 3.05) is 17.9 Å². The van der Waals surface area contributed by atoms with Crippen LogP contribution in [0.3, 0.4) is 0 Å². The number of hydrogen-bond donors (Lipinski definition) is 1. The van der Waals surface area contributed by atoms with Gasteiger partial charge in [0.1, 0.15) is 12.6 Å². The molecular weight excluding hydrogens is 522 g/mol. The average Bonchev–Trinajstić information content (AvgIpc) is 2.89. The van der Waals surface area contributed by atoms with Gasteiger partial charge in [-0.25, -0.2) is 8.42 Å². The zero-order valence-electron chi connectivity index (χ0n) is 22.4. The number of halogens is 1. The Bertz CT molecular complexity index is 1390. The molecule has 0 heterocycles. The van der Waals surface area contributed by atoms with E-state index in [0.29, 0.717) is 11.4 Å². The maximum atomic E-state index is 13.9. The van der Waals surface area contributed by atoms with Crippen molar-refractivity contribution in [3.05, 3.63) is 94.0 Å². The van der Waals surface area contributed by atoms with Crippen molar-refractivity contribution in [1.82, 2.24) is 10.2 Å². The third-order valence-corrected chi connectivity index (χ3v) is 8.63. The number of aryl methyl sites for hydroxylation is 3. The quantitative estimate of drug-likeness (QED) is 0.381. The Morgan fingerprint density at radius 3 is 2.03 bits per heavy atom. The summed E-state index contributed by atoms with van der Waals surface area (Å²) in [6, 6.07) is 18.2. The van der Waals surface area contributed by atoms with Crippen LogP contribution in [-0.2, 0) is 26.2 Å². The third-order valence-electron chi connectivity index (χ3n) is 6.44. The fourth-order valence-corrected chi connectivity index (χ4v) is 5.66. The Hall–Kier alpha value is -3.36. The molecule has 0 aliphatic heterocycles. The van der Waals surface area contributed by atoms with Gasteiger partial charge in [-0.2, -0.15) is 0 Å². The number of carbonyl (C=O) groups excluding carboxylic acids is 2. The summed E-state index contributed by atoms with van der Waals surface area (Å²) in [5.74, 6) is -0.826. The molecule has 0 saturated heterocycles. The Balaban J connectivity index is 2.08. The molecule has 3 aromatic carbocycles. The Labute approximate surface area is 230 Å². The summed E-state index contributed by atoms with van der Waals surface area (Å²) >= 11 is 6.36. The number of nitrogens with one attached hydrogen (secondary N) is 1. The highest BCUT2D eigenvalue weighted by Crippen LogP contribution is 2.29. The minimum Gasteiger partial charge on any atom is -0.357 e. The number of rotatable bonds is 10. The standard InChI is InChI=1S/C29H34ClN3O4S/c1-6-27(29(35)31-5)32(18-23-12-7-20(2)8-13-23)28(34)19-33(24-14-11-22(4)26(30)17-24)38(36,37)25-15-9-21(3)10-16-25/h7-17,27H,6,18-19H2,1-5H3,(H,31,35). The lowest BCUT2D eigenvalue weighted by atomic mass is 10.1. The van der Waals surface area contributed by atoms with Crippen molar-refractivity contribution in [2.45, 2.75) is 51.6 Å². The molecule has 7 nitrogen and oxygen atoms in total. The Kier molecular flexibility index (Phi) is 9.57. The molecule has 0 radical (unpaired) electrons. The van der Waals surface area contributed by atoms with Gasteiger partial charge in [-0.05, 0) is 62.6 Å². The van der Waals surface area contributed by atoms with Gasteiger partial charge in [0.15, 0.2) is 0 Å². The van der Waals surface area contributed by atoms with Gasteiger partial charge >= 0.3 is 0 Å². The molecule has 0 bridgehead atoms. The maximum absolute atomic E-state index is 13.9. The Morgan fingerprint density at radius 2 is 1.50 bits per heavy atom. The summed E-state index contributed by atoms with van der Waals surface area (Å²) in [6.45, 7) is 7.11. The molecule has 0 fully saturated rings. The van der Waals surface area contributed by atoms with Crippen LogP contribution in [0.1, 0.15) is 35.6 Å². The van der Waals surface area contributed by atoms with Crippen LogP contribution in [0.2, 0.25) is 5.02 Å². The van der Waals surface area contributed by atoms with E-state index in [1.54, 1.807) is 24.3 Å². The van der Waals surface area contributed by atoms with Crippen LogP contribution in [0.4, 0.5) is 5.69 Å². The first-order chi connectivity index (χ1) is 18.0. The summed E-state index contributed by atoms with van der Waals surface area (Å²) in [5.41, 5.74) is 3.85. The highest BCUT2D eigenvalue weighted by Gasteiger charge is 2.33. The third kappa shape index (κ3) is 6.74. The van der Waals surface area contributed by atoms with E-state index in [0.717, 1.165) is 26.6 Å². The van der Waals surface area contributed by atoms with E-state index in [9.17, 15) is 18.0 Å². The van der Waals surface area contributed by atoms with E-state index in [1.807, 2.05) is 52.0 Å². The first-order valence-corrected chi connectivity index (χ1v) is 14.2. The fraction of sp³-hybridized carbons (Fsp3) is 0.310. The van der Waals surface area contributed by atoms with E-state index in [4.69, 9.17) is 11.6 Å². The van der Waals surface area contributed by atoms with Gasteiger partial charge in [0.05, 0.1) is 10.6 Å². The second kappa shape index (κ2) is 12.5. The van der Waals surface area contributed by atoms with Gasteiger partial charge in [0.25, 0.3) is 10.0 Å². The van der Waals surface area contributed by atoms with Gasteiger partial charge in [-0.15, -0.1) is 0 Å². The lowest BCUT2D eigenvalue weighted by molar-refractivity contribution is -0.140. The van der Waals surface area contributed by atoms with Crippen molar-refractivity contribution in [3.8, 4) is 0 Å². The number of sulfonamides is 1. The van der Waals surface area contributed by atoms with Crippen LogP contribution in [0.5, 0.6) is 0 Å². The molecule has 0 aliphatic carbocycles. The smallest absolute Gasteiger partial charge is 0.264 e. The van der Waals surface area contributed by atoms with E-state index >= 15 is 0 Å². The lowest BCUT2D eigenvalue weighted by Crippen LogP contribution is -2.51. The van der Waals surface area contributed by atoms with Crippen molar-refractivity contribution in [2.24, 2.45) is 0 Å². The molecular formula is C29H34ClN3O4S. The van der Waals surface area contributed by atoms with Gasteiger partial charge in [-0.1, -0.05) is 72.1 Å². The highest BCUT2D eigenvalue weighted by atomic mass is 35.5. The predicted octanol–water partition coefficient (Wildman–Crippen LogP) is 5.01. The molecule has 1 unspecified atom stereocenters. The van der Waals surface area contributed by atoms with Crippen molar-refractivity contribution >= 4 is 39.1 Å². The molecule has 0 aromatic heterocycles. The first-order valence-electron chi connectivity index (χ1n) is 12.4.